The van der Waals surface area contributed by atoms with Crippen LogP contribution in [0.5, 0.6) is 0 Å². The van der Waals surface area contributed by atoms with Gasteiger partial charge in [-0.25, -0.2) is 9.36 Å². The average Bonchev–Trinajstić information content (AvgIpc) is 2.42. The fourth-order valence-corrected chi connectivity index (χ4v) is 2.04. The largest absolute Gasteiger partial charge is 0.481 e. The number of nitrogens with one attached hydrogen (secondary N) is 1. The quantitative estimate of drug-likeness (QED) is 0.886. The molecule has 0 amide bonds. The van der Waals surface area contributed by atoms with Gasteiger partial charge in [-0.1, -0.05) is 26.0 Å². The number of hydrogen-bond donors (Lipinski definition) is 2. The number of hydrogen-bond acceptors (Lipinski definition) is 3. The number of H-pyrrole nitrogens is 1. The van der Waals surface area contributed by atoms with Crippen molar-refractivity contribution in [3.63, 3.8) is 0 Å². The fourth-order valence-electron chi connectivity index (χ4n) is 2.04. The summed E-state index contributed by atoms with van der Waals surface area (Å²) in [7, 11) is 0. The highest BCUT2D eigenvalue weighted by molar-refractivity contribution is 5.69. The van der Waals surface area contributed by atoms with Gasteiger partial charge in [-0.3, -0.25) is 9.59 Å². The summed E-state index contributed by atoms with van der Waals surface area (Å²) >= 11 is 0. The summed E-state index contributed by atoms with van der Waals surface area (Å²) in [5.41, 5.74) is 0.336. The minimum absolute atomic E-state index is 0.0371. The maximum absolute atomic E-state index is 12.2. The third-order valence-corrected chi connectivity index (χ3v) is 3.21. The molecule has 0 saturated heterocycles. The molecule has 0 radical (unpaired) electrons. The van der Waals surface area contributed by atoms with E-state index in [2.05, 4.69) is 4.98 Å². The van der Waals surface area contributed by atoms with Gasteiger partial charge in [0, 0.05) is 11.8 Å². The number of aliphatic carboxylic acids is 1. The van der Waals surface area contributed by atoms with Gasteiger partial charge in [0.1, 0.15) is 0 Å². The Morgan fingerprint density at radius 2 is 1.86 bits per heavy atom. The second-order valence-corrected chi connectivity index (χ2v) is 5.08. The van der Waals surface area contributed by atoms with E-state index >= 15 is 0 Å². The van der Waals surface area contributed by atoms with Crippen molar-refractivity contribution in [1.29, 1.82) is 0 Å². The second-order valence-electron chi connectivity index (χ2n) is 5.08. The van der Waals surface area contributed by atoms with Crippen LogP contribution in [0.4, 0.5) is 0 Å². The molecule has 6 nitrogen and oxygen atoms in total. The Morgan fingerprint density at radius 3 is 2.38 bits per heavy atom. The molecule has 110 valence electrons. The molecular weight excluding hydrogens is 272 g/mol. The maximum Gasteiger partial charge on any atom is 0.332 e. The minimum atomic E-state index is -1.12. The minimum Gasteiger partial charge on any atom is -0.481 e. The highest BCUT2D eigenvalue weighted by Gasteiger charge is 2.12. The van der Waals surface area contributed by atoms with Crippen LogP contribution in [0.25, 0.3) is 5.69 Å². The lowest BCUT2D eigenvalue weighted by Gasteiger charge is -2.09. The Bertz CT molecular complexity index is 769. The highest BCUT2D eigenvalue weighted by atomic mass is 16.4. The van der Waals surface area contributed by atoms with Crippen molar-refractivity contribution in [2.45, 2.75) is 26.2 Å². The lowest BCUT2D eigenvalue weighted by molar-refractivity contribution is -0.136. The van der Waals surface area contributed by atoms with Crippen molar-refractivity contribution in [3.05, 3.63) is 62.4 Å². The van der Waals surface area contributed by atoms with E-state index in [-0.39, 0.29) is 5.56 Å². The van der Waals surface area contributed by atoms with E-state index in [1.165, 1.54) is 0 Å². The maximum atomic E-state index is 12.2. The highest BCUT2D eigenvalue weighted by Crippen LogP contribution is 2.15. The molecule has 0 fully saturated rings. The predicted molar refractivity (Wildman–Crippen MR) is 78.1 cm³/mol. The molecule has 6 heteroatoms. The van der Waals surface area contributed by atoms with E-state index in [0.717, 1.165) is 16.3 Å². The summed E-state index contributed by atoms with van der Waals surface area (Å²) in [6.07, 6.45) is 0.720. The number of benzene rings is 1. The van der Waals surface area contributed by atoms with Gasteiger partial charge >= 0.3 is 11.7 Å². The van der Waals surface area contributed by atoms with Crippen LogP contribution < -0.4 is 11.2 Å². The molecule has 0 atom stereocenters. The monoisotopic (exact) mass is 288 g/mol. The van der Waals surface area contributed by atoms with E-state index in [0.29, 0.717) is 11.6 Å². The molecule has 2 aromatic rings. The van der Waals surface area contributed by atoms with Crippen LogP contribution in [0.3, 0.4) is 0 Å². The molecule has 0 bridgehead atoms. The van der Waals surface area contributed by atoms with Crippen LogP contribution >= 0.6 is 0 Å². The van der Waals surface area contributed by atoms with Crippen LogP contribution in [0.1, 0.15) is 30.9 Å². The number of aromatic amines is 1. The van der Waals surface area contributed by atoms with Crippen molar-refractivity contribution in [2.75, 3.05) is 0 Å². The molecule has 21 heavy (non-hydrogen) atoms. The van der Waals surface area contributed by atoms with Gasteiger partial charge in [0.25, 0.3) is 5.56 Å². The topological polar surface area (TPSA) is 92.2 Å². The first kappa shape index (κ1) is 14.8. The lowest BCUT2D eigenvalue weighted by Crippen LogP contribution is -2.36. The fraction of sp³-hybridized carbons (Fsp3) is 0.267. The summed E-state index contributed by atoms with van der Waals surface area (Å²) in [4.78, 5) is 37.2. The second kappa shape index (κ2) is 5.78. The molecular formula is C15H16N2O4. The first-order valence-electron chi connectivity index (χ1n) is 6.56. The molecule has 1 aromatic heterocycles. The molecule has 0 aliphatic heterocycles. The van der Waals surface area contributed by atoms with E-state index in [9.17, 15) is 14.4 Å². The SMILES string of the molecule is CC(C)c1ccc(-n2c(=O)[nH]cc(CC(=O)O)c2=O)cc1. The zero-order chi connectivity index (χ0) is 15.6. The van der Waals surface area contributed by atoms with Crippen molar-refractivity contribution >= 4 is 5.97 Å². The third kappa shape index (κ3) is 3.10. The first-order valence-corrected chi connectivity index (χ1v) is 6.56. The van der Waals surface area contributed by atoms with Gasteiger partial charge in [0.2, 0.25) is 0 Å². The van der Waals surface area contributed by atoms with Crippen LogP contribution in [-0.4, -0.2) is 20.6 Å². The number of carboxylic acids is 1. The number of nitrogens with zero attached hydrogens (tertiary/aromatic N) is 1. The van der Waals surface area contributed by atoms with Gasteiger partial charge in [0.05, 0.1) is 12.1 Å². The first-order chi connectivity index (χ1) is 9.90. The Hall–Kier alpha value is -2.63. The van der Waals surface area contributed by atoms with Gasteiger partial charge in [-0.05, 0) is 23.6 Å². The summed E-state index contributed by atoms with van der Waals surface area (Å²) < 4.78 is 0.947. The zero-order valence-corrected chi connectivity index (χ0v) is 11.8. The van der Waals surface area contributed by atoms with Crippen LogP contribution in [-0.2, 0) is 11.2 Å². The molecule has 2 rings (SSSR count). The predicted octanol–water partition coefficient (Wildman–Crippen LogP) is 1.28. The number of carboxylic acid groups (broad SMARTS) is 1. The van der Waals surface area contributed by atoms with Gasteiger partial charge in [-0.2, -0.15) is 0 Å². The Morgan fingerprint density at radius 1 is 1.24 bits per heavy atom. The Kier molecular flexibility index (Phi) is 4.07. The number of rotatable bonds is 4. The summed E-state index contributed by atoms with van der Waals surface area (Å²) in [6, 6.07) is 7.04. The molecule has 1 heterocycles. The Balaban J connectivity index is 2.55. The van der Waals surface area contributed by atoms with E-state index < -0.39 is 23.6 Å². The van der Waals surface area contributed by atoms with Crippen molar-refractivity contribution < 1.29 is 9.90 Å². The lowest BCUT2D eigenvalue weighted by atomic mass is 10.0. The molecule has 1 aromatic carbocycles. The summed E-state index contributed by atoms with van der Waals surface area (Å²) in [5.74, 6) is -0.784. The van der Waals surface area contributed by atoms with Gasteiger partial charge < -0.3 is 10.1 Å². The molecule has 0 spiro atoms. The summed E-state index contributed by atoms with van der Waals surface area (Å²) in [5, 5.41) is 8.78. The smallest absolute Gasteiger partial charge is 0.332 e. The molecule has 0 unspecified atom stereocenters. The number of carbonyl (C=O) groups is 1. The van der Waals surface area contributed by atoms with E-state index in [1.54, 1.807) is 12.1 Å². The van der Waals surface area contributed by atoms with Crippen LogP contribution in [0.2, 0.25) is 0 Å². The molecule has 0 saturated carbocycles. The average molecular weight is 288 g/mol. The molecule has 2 N–H and O–H groups in total. The Labute approximate surface area is 120 Å². The van der Waals surface area contributed by atoms with Crippen molar-refractivity contribution in [1.82, 2.24) is 9.55 Å². The van der Waals surface area contributed by atoms with Crippen molar-refractivity contribution in [2.24, 2.45) is 0 Å². The molecule has 0 aliphatic carbocycles. The summed E-state index contributed by atoms with van der Waals surface area (Å²) in [6.45, 7) is 4.09. The van der Waals surface area contributed by atoms with E-state index in [1.807, 2.05) is 26.0 Å². The van der Waals surface area contributed by atoms with Crippen LogP contribution in [0, 0.1) is 0 Å². The normalized spacial score (nSPS) is 10.8. The van der Waals surface area contributed by atoms with Crippen molar-refractivity contribution in [3.8, 4) is 5.69 Å². The van der Waals surface area contributed by atoms with Gasteiger partial charge in [0.15, 0.2) is 0 Å². The zero-order valence-electron chi connectivity index (χ0n) is 11.8. The van der Waals surface area contributed by atoms with Crippen LogP contribution in [0.15, 0.2) is 40.1 Å². The van der Waals surface area contributed by atoms with Gasteiger partial charge in [-0.15, -0.1) is 0 Å². The number of aromatic nitrogens is 2. The molecule has 0 aliphatic rings. The third-order valence-electron chi connectivity index (χ3n) is 3.21. The van der Waals surface area contributed by atoms with E-state index in [4.69, 9.17) is 5.11 Å². The standard InChI is InChI=1S/C15H16N2O4/c1-9(2)10-3-5-12(6-4-10)17-14(20)11(7-13(18)19)8-16-15(17)21/h3-6,8-9H,7H2,1-2H3,(H,16,21)(H,18,19).